The van der Waals surface area contributed by atoms with Crippen LogP contribution in [0.3, 0.4) is 0 Å². The van der Waals surface area contributed by atoms with Crippen LogP contribution >= 0.6 is 0 Å². The lowest BCUT2D eigenvalue weighted by atomic mass is 10.1. The zero-order valence-electron chi connectivity index (χ0n) is 12.9. The van der Waals surface area contributed by atoms with Crippen LogP contribution in [0.15, 0.2) is 30.3 Å². The van der Waals surface area contributed by atoms with Gasteiger partial charge in [-0.15, -0.1) is 5.10 Å². The van der Waals surface area contributed by atoms with Gasteiger partial charge in [0.2, 0.25) is 0 Å². The van der Waals surface area contributed by atoms with Crippen molar-refractivity contribution in [2.24, 2.45) is 0 Å². The Morgan fingerprint density at radius 1 is 1.23 bits per heavy atom. The fourth-order valence-electron chi connectivity index (χ4n) is 2.16. The Kier molecular flexibility index (Phi) is 5.45. The van der Waals surface area contributed by atoms with Crippen LogP contribution in [0.1, 0.15) is 28.8 Å². The summed E-state index contributed by atoms with van der Waals surface area (Å²) in [5, 5.41) is 30.3. The van der Waals surface area contributed by atoms with Gasteiger partial charge in [-0.2, -0.15) is 10.4 Å². The van der Waals surface area contributed by atoms with Crippen molar-refractivity contribution in [3.63, 3.8) is 0 Å². The van der Waals surface area contributed by atoms with Gasteiger partial charge in [-0.25, -0.2) is 0 Å². The van der Waals surface area contributed by atoms with Gasteiger partial charge in [0, 0.05) is 6.54 Å². The van der Waals surface area contributed by atoms with E-state index in [0.717, 1.165) is 17.7 Å². The van der Waals surface area contributed by atoms with Crippen molar-refractivity contribution in [1.82, 2.24) is 10.2 Å². The van der Waals surface area contributed by atoms with Gasteiger partial charge < -0.3 is 10.4 Å². The second-order valence-corrected chi connectivity index (χ2v) is 5.30. The van der Waals surface area contributed by atoms with Gasteiger partial charge in [-0.1, -0.05) is 30.3 Å². The molecule has 0 spiro atoms. The average Bonchev–Trinajstić information content (AvgIpc) is 2.55. The molecule has 0 bridgehead atoms. The highest BCUT2D eigenvalue weighted by atomic mass is 16.3. The van der Waals surface area contributed by atoms with Crippen molar-refractivity contribution in [3.8, 4) is 6.07 Å². The zero-order valence-corrected chi connectivity index (χ0v) is 12.9. The molecule has 0 saturated heterocycles. The molecule has 2 N–H and O–H groups in total. The van der Waals surface area contributed by atoms with E-state index in [9.17, 15) is 10.4 Å². The van der Waals surface area contributed by atoms with E-state index in [1.165, 1.54) is 5.56 Å². The maximum absolute atomic E-state index is 10.1. The average molecular weight is 296 g/mol. The fourth-order valence-corrected chi connectivity index (χ4v) is 2.16. The quantitative estimate of drug-likeness (QED) is 0.855. The van der Waals surface area contributed by atoms with Gasteiger partial charge in [0.05, 0.1) is 11.8 Å². The minimum absolute atomic E-state index is 0.346. The summed E-state index contributed by atoms with van der Waals surface area (Å²) in [6.07, 6.45) is 0.958. The highest BCUT2D eigenvalue weighted by Gasteiger charge is 2.12. The third-order valence-corrected chi connectivity index (χ3v) is 3.68. The van der Waals surface area contributed by atoms with Crippen LogP contribution in [0.25, 0.3) is 0 Å². The molecule has 1 aromatic carbocycles. The number of nitriles is 1. The molecule has 5 nitrogen and oxygen atoms in total. The second kappa shape index (κ2) is 7.53. The van der Waals surface area contributed by atoms with Crippen molar-refractivity contribution in [2.45, 2.75) is 32.8 Å². The molecule has 114 valence electrons. The third-order valence-electron chi connectivity index (χ3n) is 3.68. The molecule has 0 radical (unpaired) electrons. The summed E-state index contributed by atoms with van der Waals surface area (Å²) < 4.78 is 0. The first-order chi connectivity index (χ1) is 10.6. The number of benzene rings is 1. The van der Waals surface area contributed by atoms with Crippen molar-refractivity contribution in [1.29, 1.82) is 5.26 Å². The summed E-state index contributed by atoms with van der Waals surface area (Å²) in [4.78, 5) is 0. The molecule has 0 fully saturated rings. The van der Waals surface area contributed by atoms with E-state index in [2.05, 4.69) is 21.6 Å². The summed E-state index contributed by atoms with van der Waals surface area (Å²) in [6, 6.07) is 12.2. The summed E-state index contributed by atoms with van der Waals surface area (Å²) in [5.74, 6) is 0.435. The lowest BCUT2D eigenvalue weighted by Crippen LogP contribution is -2.21. The summed E-state index contributed by atoms with van der Waals surface area (Å²) in [5.41, 5.74) is 3.25. The van der Waals surface area contributed by atoms with Gasteiger partial charge in [0.25, 0.3) is 0 Å². The van der Waals surface area contributed by atoms with Gasteiger partial charge in [-0.3, -0.25) is 0 Å². The topological polar surface area (TPSA) is 81.8 Å². The molecular weight excluding hydrogens is 276 g/mol. The molecule has 0 aliphatic carbocycles. The minimum Gasteiger partial charge on any atom is -0.391 e. The van der Waals surface area contributed by atoms with Crippen LogP contribution in [0.4, 0.5) is 5.82 Å². The Bertz CT molecular complexity index is 664. The number of anilines is 1. The molecule has 0 aliphatic rings. The Balaban J connectivity index is 1.90. The number of aryl methyl sites for hydroxylation is 2. The molecule has 0 saturated carbocycles. The Morgan fingerprint density at radius 2 is 1.95 bits per heavy atom. The van der Waals surface area contributed by atoms with Crippen LogP contribution in [-0.4, -0.2) is 28.0 Å². The monoisotopic (exact) mass is 296 g/mol. The molecular formula is C17H20N4O. The Hall–Kier alpha value is -2.45. The van der Waals surface area contributed by atoms with Gasteiger partial charge in [0.15, 0.2) is 5.82 Å². The molecule has 0 amide bonds. The van der Waals surface area contributed by atoms with E-state index in [1.54, 1.807) is 0 Å². The van der Waals surface area contributed by atoms with Crippen LogP contribution in [0.5, 0.6) is 0 Å². The summed E-state index contributed by atoms with van der Waals surface area (Å²) >= 11 is 0. The maximum Gasteiger partial charge on any atom is 0.167 e. The standard InChI is InChI=1S/C17H20N4O/c1-12-13(2)20-21-17(16(12)10-18)19-11-15(22)9-8-14-6-4-3-5-7-14/h3-7,15,22H,8-9,11H2,1-2H3,(H,19,21). The second-order valence-electron chi connectivity index (χ2n) is 5.30. The van der Waals surface area contributed by atoms with Crippen LogP contribution < -0.4 is 5.32 Å². The molecule has 1 aromatic heterocycles. The van der Waals surface area contributed by atoms with E-state index in [0.29, 0.717) is 24.3 Å². The van der Waals surface area contributed by atoms with E-state index < -0.39 is 6.10 Å². The first kappa shape index (κ1) is 15.9. The largest absolute Gasteiger partial charge is 0.391 e. The predicted octanol–water partition coefficient (Wildman–Crippen LogP) is 2.37. The highest BCUT2D eigenvalue weighted by molar-refractivity contribution is 5.55. The molecule has 1 atom stereocenters. The smallest absolute Gasteiger partial charge is 0.167 e. The Labute approximate surface area is 130 Å². The lowest BCUT2D eigenvalue weighted by Gasteiger charge is -2.14. The van der Waals surface area contributed by atoms with Crippen LogP contribution in [-0.2, 0) is 6.42 Å². The molecule has 1 heterocycles. The number of nitrogens with zero attached hydrogens (tertiary/aromatic N) is 3. The number of rotatable bonds is 6. The molecule has 5 heteroatoms. The first-order valence-electron chi connectivity index (χ1n) is 7.31. The third kappa shape index (κ3) is 4.03. The van der Waals surface area contributed by atoms with E-state index in [-0.39, 0.29) is 0 Å². The van der Waals surface area contributed by atoms with E-state index in [1.807, 2.05) is 44.2 Å². The number of nitrogens with one attached hydrogen (secondary N) is 1. The minimum atomic E-state index is -0.504. The van der Waals surface area contributed by atoms with Gasteiger partial charge in [0.1, 0.15) is 11.6 Å². The normalized spacial score (nSPS) is 11.7. The van der Waals surface area contributed by atoms with Gasteiger partial charge >= 0.3 is 0 Å². The number of aromatic nitrogens is 2. The summed E-state index contributed by atoms with van der Waals surface area (Å²) in [7, 11) is 0. The lowest BCUT2D eigenvalue weighted by molar-refractivity contribution is 0.177. The SMILES string of the molecule is Cc1nnc(NCC(O)CCc2ccccc2)c(C#N)c1C. The van der Waals surface area contributed by atoms with Crippen molar-refractivity contribution < 1.29 is 5.11 Å². The van der Waals surface area contributed by atoms with E-state index >= 15 is 0 Å². The molecule has 2 aromatic rings. The number of hydrogen-bond acceptors (Lipinski definition) is 5. The number of aliphatic hydroxyl groups excluding tert-OH is 1. The molecule has 2 rings (SSSR count). The predicted molar refractivity (Wildman–Crippen MR) is 85.5 cm³/mol. The van der Waals surface area contributed by atoms with Gasteiger partial charge in [-0.05, 0) is 37.8 Å². The highest BCUT2D eigenvalue weighted by Crippen LogP contribution is 2.17. The zero-order chi connectivity index (χ0) is 15.9. The van der Waals surface area contributed by atoms with Crippen molar-refractivity contribution >= 4 is 5.82 Å². The van der Waals surface area contributed by atoms with Crippen molar-refractivity contribution in [3.05, 3.63) is 52.7 Å². The Morgan fingerprint density at radius 3 is 2.64 bits per heavy atom. The van der Waals surface area contributed by atoms with E-state index in [4.69, 9.17) is 0 Å². The fraction of sp³-hybridized carbons (Fsp3) is 0.353. The maximum atomic E-state index is 10.1. The molecule has 22 heavy (non-hydrogen) atoms. The number of aliphatic hydroxyl groups is 1. The first-order valence-corrected chi connectivity index (χ1v) is 7.31. The van der Waals surface area contributed by atoms with Crippen LogP contribution in [0.2, 0.25) is 0 Å². The van der Waals surface area contributed by atoms with Crippen molar-refractivity contribution in [2.75, 3.05) is 11.9 Å². The number of hydrogen-bond donors (Lipinski definition) is 2. The molecule has 0 aliphatic heterocycles. The molecule has 1 unspecified atom stereocenters. The van der Waals surface area contributed by atoms with Crippen LogP contribution in [0, 0.1) is 25.2 Å². The summed E-state index contributed by atoms with van der Waals surface area (Å²) in [6.45, 7) is 4.01.